The fourth-order valence-corrected chi connectivity index (χ4v) is 2.73. The van der Waals surface area contributed by atoms with Crippen molar-refractivity contribution in [2.24, 2.45) is 4.99 Å². The Labute approximate surface area is 178 Å². The topological polar surface area (TPSA) is 85.8 Å². The van der Waals surface area contributed by atoms with Crippen LogP contribution in [0.5, 0.6) is 0 Å². The van der Waals surface area contributed by atoms with E-state index in [1.165, 1.54) is 4.90 Å². The van der Waals surface area contributed by atoms with Crippen LogP contribution in [0.3, 0.4) is 0 Å². The van der Waals surface area contributed by atoms with E-state index in [1.807, 2.05) is 44.2 Å². The Hall–Kier alpha value is -1.84. The van der Waals surface area contributed by atoms with Gasteiger partial charge in [0, 0.05) is 19.6 Å². The van der Waals surface area contributed by atoms with Crippen LogP contribution in [0.4, 0.5) is 4.79 Å². The molecule has 1 aromatic carbocycles. The zero-order chi connectivity index (χ0) is 19.0. The highest BCUT2D eigenvalue weighted by molar-refractivity contribution is 14.0. The lowest BCUT2D eigenvalue weighted by Crippen LogP contribution is -2.43. The van der Waals surface area contributed by atoms with Crippen molar-refractivity contribution in [1.29, 1.82) is 0 Å². The number of amides is 3. The number of aliphatic imine (C=N–C) groups is 1. The molecule has 0 aliphatic carbocycles. The predicted octanol–water partition coefficient (Wildman–Crippen LogP) is 2.47. The van der Waals surface area contributed by atoms with E-state index in [9.17, 15) is 9.59 Å². The highest BCUT2D eigenvalue weighted by Gasteiger charge is 2.45. The summed E-state index contributed by atoms with van der Waals surface area (Å²) >= 11 is 0. The summed E-state index contributed by atoms with van der Waals surface area (Å²) < 4.78 is 0. The lowest BCUT2D eigenvalue weighted by molar-refractivity contribution is -0.130. The second-order valence-electron chi connectivity index (χ2n) is 6.53. The van der Waals surface area contributed by atoms with Crippen LogP contribution in [0.15, 0.2) is 35.3 Å². The first kappa shape index (κ1) is 23.2. The minimum atomic E-state index is -0.767. The molecule has 1 heterocycles. The van der Waals surface area contributed by atoms with Crippen LogP contribution in [-0.2, 0) is 11.3 Å². The number of hydrogen-bond acceptors (Lipinski definition) is 3. The van der Waals surface area contributed by atoms with Gasteiger partial charge in [0.2, 0.25) is 0 Å². The second kappa shape index (κ2) is 11.1. The molecule has 3 N–H and O–H groups in total. The maximum Gasteiger partial charge on any atom is 0.325 e. The Bertz CT molecular complexity index is 653. The summed E-state index contributed by atoms with van der Waals surface area (Å²) in [6.45, 7) is 8.06. The quantitative estimate of drug-likeness (QED) is 0.173. The number of guanidine groups is 1. The zero-order valence-electron chi connectivity index (χ0n) is 16.2. The monoisotopic (exact) mass is 487 g/mol. The van der Waals surface area contributed by atoms with Gasteiger partial charge in [0.1, 0.15) is 5.54 Å². The molecule has 1 fully saturated rings. The van der Waals surface area contributed by atoms with Gasteiger partial charge in [-0.15, -0.1) is 24.0 Å². The molecule has 0 bridgehead atoms. The van der Waals surface area contributed by atoms with Gasteiger partial charge in [-0.25, -0.2) is 9.79 Å². The number of nitrogens with one attached hydrogen (secondary N) is 3. The van der Waals surface area contributed by atoms with Crippen LogP contribution in [-0.4, -0.2) is 48.0 Å². The number of urea groups is 1. The van der Waals surface area contributed by atoms with Crippen LogP contribution in [0.2, 0.25) is 0 Å². The molecule has 1 unspecified atom stereocenters. The summed E-state index contributed by atoms with van der Waals surface area (Å²) in [5.74, 6) is 0.585. The molecule has 0 aromatic heterocycles. The summed E-state index contributed by atoms with van der Waals surface area (Å²) in [6.07, 6.45) is 1.25. The minimum Gasteiger partial charge on any atom is -0.357 e. The van der Waals surface area contributed by atoms with E-state index in [0.29, 0.717) is 32.5 Å². The van der Waals surface area contributed by atoms with Crippen molar-refractivity contribution < 1.29 is 9.59 Å². The first-order valence-electron chi connectivity index (χ1n) is 9.20. The summed E-state index contributed by atoms with van der Waals surface area (Å²) in [7, 11) is 0. The average Bonchev–Trinajstić information content (AvgIpc) is 2.87. The van der Waals surface area contributed by atoms with Gasteiger partial charge in [0.15, 0.2) is 5.96 Å². The molecule has 1 aliphatic heterocycles. The van der Waals surface area contributed by atoms with Crippen molar-refractivity contribution in [3.8, 4) is 0 Å². The van der Waals surface area contributed by atoms with Crippen molar-refractivity contribution in [3.63, 3.8) is 0 Å². The number of benzene rings is 1. The molecule has 27 heavy (non-hydrogen) atoms. The molecule has 7 nitrogen and oxygen atoms in total. The second-order valence-corrected chi connectivity index (χ2v) is 6.53. The molecule has 150 valence electrons. The van der Waals surface area contributed by atoms with Gasteiger partial charge in [-0.05, 0) is 32.3 Å². The van der Waals surface area contributed by atoms with Gasteiger partial charge < -0.3 is 16.0 Å². The van der Waals surface area contributed by atoms with Gasteiger partial charge in [-0.3, -0.25) is 9.69 Å². The molecule has 3 amide bonds. The molecule has 2 rings (SSSR count). The van der Waals surface area contributed by atoms with Gasteiger partial charge in [-0.2, -0.15) is 0 Å². The summed E-state index contributed by atoms with van der Waals surface area (Å²) in [4.78, 5) is 30.2. The third-order valence-electron chi connectivity index (χ3n) is 4.51. The standard InChI is InChI=1S/C19H29N5O2.HI/c1-4-19(3)16(25)24(18(26)23-19)13-9-12-21-17(20-5-2)22-14-15-10-7-6-8-11-15;/h6-8,10-11H,4-5,9,12-14H2,1-3H3,(H,23,26)(H2,20,21,22);1H. The fraction of sp³-hybridized carbons (Fsp3) is 0.526. The molecule has 1 aromatic rings. The molecule has 8 heteroatoms. The van der Waals surface area contributed by atoms with Crippen LogP contribution >= 0.6 is 24.0 Å². The summed E-state index contributed by atoms with van der Waals surface area (Å²) in [5, 5.41) is 9.22. The van der Waals surface area contributed by atoms with Gasteiger partial charge >= 0.3 is 6.03 Å². The Morgan fingerprint density at radius 3 is 2.48 bits per heavy atom. The fourth-order valence-electron chi connectivity index (χ4n) is 2.73. The molecule has 0 spiro atoms. The van der Waals surface area contributed by atoms with Crippen LogP contribution in [0.25, 0.3) is 0 Å². The van der Waals surface area contributed by atoms with Crippen molar-refractivity contribution in [2.45, 2.75) is 45.7 Å². The third kappa shape index (κ3) is 6.37. The number of carbonyl (C=O) groups excluding carboxylic acids is 2. The average molecular weight is 487 g/mol. The lowest BCUT2D eigenvalue weighted by atomic mass is 9.99. The van der Waals surface area contributed by atoms with Crippen molar-refractivity contribution in [3.05, 3.63) is 35.9 Å². The smallest absolute Gasteiger partial charge is 0.325 e. The lowest BCUT2D eigenvalue weighted by Gasteiger charge is -2.19. The van der Waals surface area contributed by atoms with Crippen LogP contribution in [0, 0.1) is 0 Å². The SMILES string of the molecule is CCNC(=NCc1ccccc1)NCCCN1C(=O)NC(C)(CC)C1=O.I. The molecule has 1 aliphatic rings. The molecular formula is C19H30IN5O2. The van der Waals surface area contributed by atoms with Gasteiger partial charge in [-0.1, -0.05) is 37.3 Å². The Kier molecular flexibility index (Phi) is 9.54. The van der Waals surface area contributed by atoms with Gasteiger partial charge in [0.25, 0.3) is 5.91 Å². The number of halogens is 1. The van der Waals surface area contributed by atoms with E-state index in [0.717, 1.165) is 18.1 Å². The number of carbonyl (C=O) groups is 2. The molecule has 1 saturated heterocycles. The first-order chi connectivity index (χ1) is 12.5. The van der Waals surface area contributed by atoms with E-state index in [2.05, 4.69) is 20.9 Å². The van der Waals surface area contributed by atoms with E-state index < -0.39 is 5.54 Å². The van der Waals surface area contributed by atoms with E-state index >= 15 is 0 Å². The predicted molar refractivity (Wildman–Crippen MR) is 118 cm³/mol. The van der Waals surface area contributed by atoms with Crippen LogP contribution in [0.1, 0.15) is 39.2 Å². The molecule has 0 saturated carbocycles. The first-order valence-corrected chi connectivity index (χ1v) is 9.20. The van der Waals surface area contributed by atoms with Crippen molar-refractivity contribution >= 4 is 41.9 Å². The van der Waals surface area contributed by atoms with Crippen LogP contribution < -0.4 is 16.0 Å². The zero-order valence-corrected chi connectivity index (χ0v) is 18.6. The number of nitrogens with zero attached hydrogens (tertiary/aromatic N) is 2. The summed E-state index contributed by atoms with van der Waals surface area (Å²) in [5.41, 5.74) is 0.374. The van der Waals surface area contributed by atoms with E-state index in [4.69, 9.17) is 0 Å². The normalized spacial score (nSPS) is 19.5. The summed E-state index contributed by atoms with van der Waals surface area (Å²) in [6, 6.07) is 9.74. The molecule has 1 atom stereocenters. The Morgan fingerprint density at radius 2 is 1.89 bits per heavy atom. The maximum atomic E-state index is 12.3. The minimum absolute atomic E-state index is 0. The molecule has 0 radical (unpaired) electrons. The highest BCUT2D eigenvalue weighted by atomic mass is 127. The van der Waals surface area contributed by atoms with Crippen molar-refractivity contribution in [1.82, 2.24) is 20.9 Å². The Morgan fingerprint density at radius 1 is 1.19 bits per heavy atom. The number of hydrogen-bond donors (Lipinski definition) is 3. The van der Waals surface area contributed by atoms with E-state index in [1.54, 1.807) is 6.92 Å². The maximum absolute atomic E-state index is 12.3. The Balaban J connectivity index is 0.00000364. The van der Waals surface area contributed by atoms with E-state index in [-0.39, 0.29) is 35.9 Å². The third-order valence-corrected chi connectivity index (χ3v) is 4.51. The van der Waals surface area contributed by atoms with Crippen molar-refractivity contribution in [2.75, 3.05) is 19.6 Å². The largest absolute Gasteiger partial charge is 0.357 e. The molecular weight excluding hydrogens is 457 g/mol. The number of imide groups is 1. The van der Waals surface area contributed by atoms with Gasteiger partial charge in [0.05, 0.1) is 6.54 Å². The highest BCUT2D eigenvalue weighted by Crippen LogP contribution is 2.20. The number of rotatable bonds is 8.